The number of fused-ring (bicyclic) bond motifs is 1. The Labute approximate surface area is 104 Å². The molecule has 6 nitrogen and oxygen atoms in total. The first-order valence-corrected chi connectivity index (χ1v) is 5.54. The van der Waals surface area contributed by atoms with Gasteiger partial charge in [-0.1, -0.05) is 0 Å². The van der Waals surface area contributed by atoms with Crippen molar-refractivity contribution in [1.29, 1.82) is 0 Å². The molecule has 0 bridgehead atoms. The lowest BCUT2D eigenvalue weighted by Crippen LogP contribution is -2.36. The minimum Gasteiger partial charge on any atom is -0.497 e. The van der Waals surface area contributed by atoms with Crippen molar-refractivity contribution in [3.8, 4) is 5.75 Å². The van der Waals surface area contributed by atoms with E-state index in [1.807, 2.05) is 0 Å². The molecule has 3 N–H and O–H groups in total. The summed E-state index contributed by atoms with van der Waals surface area (Å²) < 4.78 is 5.11. The number of hydrogen-bond acceptors (Lipinski definition) is 3. The fraction of sp³-hybridized carbons (Fsp3) is 0.333. The standard InChI is InChI=1S/C12H14N2O4/c1-18-9-2-3-10-7(5-9)4-8(13-12(16)17)6-11(15)14-10/h2-3,5,8,13H,4,6H2,1H3,(H,14,15)(H,16,17). The summed E-state index contributed by atoms with van der Waals surface area (Å²) in [6, 6.07) is 4.90. The lowest BCUT2D eigenvalue weighted by Gasteiger charge is -2.13. The highest BCUT2D eigenvalue weighted by Crippen LogP contribution is 2.26. The van der Waals surface area contributed by atoms with E-state index < -0.39 is 12.1 Å². The van der Waals surface area contributed by atoms with Crippen molar-refractivity contribution < 1.29 is 19.4 Å². The second-order valence-corrected chi connectivity index (χ2v) is 4.13. The Kier molecular flexibility index (Phi) is 3.36. The number of carbonyl (C=O) groups is 2. The molecule has 1 aliphatic heterocycles. The third-order valence-corrected chi connectivity index (χ3v) is 2.81. The maximum Gasteiger partial charge on any atom is 0.404 e. The SMILES string of the molecule is COc1ccc2c(c1)CC(NC(=O)O)CC(=O)N2. The zero-order valence-electron chi connectivity index (χ0n) is 9.90. The van der Waals surface area contributed by atoms with E-state index in [-0.39, 0.29) is 12.3 Å². The quantitative estimate of drug-likeness (QED) is 0.736. The molecule has 18 heavy (non-hydrogen) atoms. The van der Waals surface area contributed by atoms with Crippen LogP contribution in [0.3, 0.4) is 0 Å². The molecule has 0 fully saturated rings. The van der Waals surface area contributed by atoms with E-state index in [4.69, 9.17) is 9.84 Å². The number of benzene rings is 1. The van der Waals surface area contributed by atoms with Gasteiger partial charge in [0.15, 0.2) is 0 Å². The largest absolute Gasteiger partial charge is 0.497 e. The van der Waals surface area contributed by atoms with Crippen LogP contribution in [0.15, 0.2) is 18.2 Å². The molecule has 1 aromatic rings. The van der Waals surface area contributed by atoms with Gasteiger partial charge in [-0.05, 0) is 30.2 Å². The third kappa shape index (κ3) is 2.71. The number of carbonyl (C=O) groups excluding carboxylic acids is 1. The maximum atomic E-state index is 11.6. The molecular formula is C12H14N2O4. The smallest absolute Gasteiger partial charge is 0.404 e. The highest BCUT2D eigenvalue weighted by molar-refractivity contribution is 5.93. The molecular weight excluding hydrogens is 236 g/mol. The van der Waals surface area contributed by atoms with Crippen LogP contribution in [0.25, 0.3) is 0 Å². The second-order valence-electron chi connectivity index (χ2n) is 4.13. The Balaban J connectivity index is 2.28. The van der Waals surface area contributed by atoms with Gasteiger partial charge in [-0.2, -0.15) is 0 Å². The van der Waals surface area contributed by atoms with Crippen LogP contribution >= 0.6 is 0 Å². The fourth-order valence-electron chi connectivity index (χ4n) is 2.03. The summed E-state index contributed by atoms with van der Waals surface area (Å²) in [5, 5.41) is 13.8. The van der Waals surface area contributed by atoms with E-state index in [9.17, 15) is 9.59 Å². The van der Waals surface area contributed by atoms with Gasteiger partial charge in [-0.15, -0.1) is 0 Å². The number of carboxylic acid groups (broad SMARTS) is 1. The van der Waals surface area contributed by atoms with Crippen molar-refractivity contribution in [2.45, 2.75) is 18.9 Å². The average Bonchev–Trinajstić information content (AvgIpc) is 2.44. The zero-order chi connectivity index (χ0) is 13.1. The van der Waals surface area contributed by atoms with E-state index in [0.717, 1.165) is 5.56 Å². The number of nitrogens with one attached hydrogen (secondary N) is 2. The van der Waals surface area contributed by atoms with Crippen LogP contribution in [0.2, 0.25) is 0 Å². The van der Waals surface area contributed by atoms with Gasteiger partial charge in [0.25, 0.3) is 0 Å². The summed E-state index contributed by atoms with van der Waals surface area (Å²) in [7, 11) is 1.56. The van der Waals surface area contributed by atoms with Gasteiger partial charge >= 0.3 is 6.09 Å². The fourth-order valence-corrected chi connectivity index (χ4v) is 2.03. The molecule has 96 valence electrons. The van der Waals surface area contributed by atoms with Crippen molar-refractivity contribution in [2.24, 2.45) is 0 Å². The number of amides is 2. The lowest BCUT2D eigenvalue weighted by atomic mass is 10.0. The molecule has 0 spiro atoms. The first-order valence-electron chi connectivity index (χ1n) is 5.54. The summed E-state index contributed by atoms with van der Waals surface area (Å²) in [6.07, 6.45) is -0.542. The highest BCUT2D eigenvalue weighted by Gasteiger charge is 2.22. The molecule has 2 amide bonds. The van der Waals surface area contributed by atoms with E-state index in [1.165, 1.54) is 0 Å². The molecule has 0 saturated carbocycles. The van der Waals surface area contributed by atoms with Crippen LogP contribution < -0.4 is 15.4 Å². The van der Waals surface area contributed by atoms with Crippen molar-refractivity contribution in [3.63, 3.8) is 0 Å². The summed E-state index contributed by atoms with van der Waals surface area (Å²) in [6.45, 7) is 0. The van der Waals surface area contributed by atoms with Crippen molar-refractivity contribution in [3.05, 3.63) is 23.8 Å². The molecule has 1 heterocycles. The van der Waals surface area contributed by atoms with Gasteiger partial charge in [0, 0.05) is 18.2 Å². The minimum absolute atomic E-state index is 0.128. The maximum absolute atomic E-state index is 11.6. The summed E-state index contributed by atoms with van der Waals surface area (Å²) in [5.74, 6) is 0.483. The predicted octanol–water partition coefficient (Wildman–Crippen LogP) is 1.22. The van der Waals surface area contributed by atoms with Gasteiger partial charge in [0.1, 0.15) is 5.75 Å². The van der Waals surface area contributed by atoms with E-state index in [1.54, 1.807) is 25.3 Å². The minimum atomic E-state index is -1.13. The van der Waals surface area contributed by atoms with E-state index in [0.29, 0.717) is 17.9 Å². The van der Waals surface area contributed by atoms with Gasteiger partial charge in [-0.25, -0.2) is 4.79 Å². The first kappa shape index (κ1) is 12.2. The summed E-state index contributed by atoms with van der Waals surface area (Å²) >= 11 is 0. The van der Waals surface area contributed by atoms with Crippen molar-refractivity contribution >= 4 is 17.7 Å². The van der Waals surface area contributed by atoms with Crippen LogP contribution in [-0.2, 0) is 11.2 Å². The van der Waals surface area contributed by atoms with Gasteiger partial charge in [0.05, 0.1) is 7.11 Å². The Bertz CT molecular complexity index is 487. The second kappa shape index (κ2) is 4.95. The Morgan fingerprint density at radius 3 is 2.94 bits per heavy atom. The monoisotopic (exact) mass is 250 g/mol. The molecule has 1 unspecified atom stereocenters. The van der Waals surface area contributed by atoms with Crippen molar-refractivity contribution in [1.82, 2.24) is 5.32 Å². The Morgan fingerprint density at radius 1 is 1.50 bits per heavy atom. The number of methoxy groups -OCH3 is 1. The van der Waals surface area contributed by atoms with Crippen LogP contribution in [0, 0.1) is 0 Å². The third-order valence-electron chi connectivity index (χ3n) is 2.81. The van der Waals surface area contributed by atoms with Crippen LogP contribution in [-0.4, -0.2) is 30.3 Å². The Hall–Kier alpha value is -2.24. The Morgan fingerprint density at radius 2 is 2.28 bits per heavy atom. The predicted molar refractivity (Wildman–Crippen MR) is 64.9 cm³/mol. The number of hydrogen-bond donors (Lipinski definition) is 3. The number of anilines is 1. The summed E-state index contributed by atoms with van der Waals surface area (Å²) in [4.78, 5) is 22.3. The normalized spacial score (nSPS) is 18.3. The van der Waals surface area contributed by atoms with Crippen molar-refractivity contribution in [2.75, 3.05) is 12.4 Å². The molecule has 1 aliphatic rings. The molecule has 0 aliphatic carbocycles. The van der Waals surface area contributed by atoms with E-state index >= 15 is 0 Å². The molecule has 0 saturated heterocycles. The van der Waals surface area contributed by atoms with Gasteiger partial charge < -0.3 is 20.5 Å². The van der Waals surface area contributed by atoms with Crippen LogP contribution in [0.1, 0.15) is 12.0 Å². The molecule has 2 rings (SSSR count). The highest BCUT2D eigenvalue weighted by atomic mass is 16.5. The first-order chi connectivity index (χ1) is 8.58. The number of rotatable bonds is 2. The average molecular weight is 250 g/mol. The molecule has 1 atom stereocenters. The van der Waals surface area contributed by atoms with Gasteiger partial charge in [0.2, 0.25) is 5.91 Å². The molecule has 0 aromatic heterocycles. The van der Waals surface area contributed by atoms with Crippen LogP contribution in [0.4, 0.5) is 10.5 Å². The topological polar surface area (TPSA) is 87.7 Å². The summed E-state index contributed by atoms with van der Waals surface area (Å²) in [5.41, 5.74) is 1.56. The van der Waals surface area contributed by atoms with E-state index in [2.05, 4.69) is 10.6 Å². The number of ether oxygens (including phenoxy) is 1. The lowest BCUT2D eigenvalue weighted by molar-refractivity contribution is -0.116. The molecule has 6 heteroatoms. The molecule has 1 aromatic carbocycles. The molecule has 0 radical (unpaired) electrons. The van der Waals surface area contributed by atoms with Crippen LogP contribution in [0.5, 0.6) is 5.75 Å². The zero-order valence-corrected chi connectivity index (χ0v) is 9.90. The van der Waals surface area contributed by atoms with Gasteiger partial charge in [-0.3, -0.25) is 4.79 Å².